The van der Waals surface area contributed by atoms with Crippen molar-refractivity contribution < 1.29 is 22.9 Å². The van der Waals surface area contributed by atoms with E-state index in [0.29, 0.717) is 17.8 Å². The van der Waals surface area contributed by atoms with Gasteiger partial charge in [0.25, 0.3) is 0 Å². The monoisotopic (exact) mass is 527 g/mol. The first-order valence-electron chi connectivity index (χ1n) is 12.5. The van der Waals surface area contributed by atoms with E-state index in [1.165, 1.54) is 0 Å². The zero-order valence-electron chi connectivity index (χ0n) is 22.2. The molecule has 0 aromatic carbocycles. The Labute approximate surface area is 215 Å². The van der Waals surface area contributed by atoms with E-state index in [0.717, 1.165) is 5.56 Å². The van der Waals surface area contributed by atoms with E-state index in [9.17, 15) is 18.1 Å². The third-order valence-electron chi connectivity index (χ3n) is 6.20. The first kappa shape index (κ1) is 28.6. The highest BCUT2D eigenvalue weighted by Gasteiger charge is 2.40. The Kier molecular flexibility index (Phi) is 8.57. The molecule has 0 saturated heterocycles. The van der Waals surface area contributed by atoms with Crippen molar-refractivity contribution in [3.8, 4) is 0 Å². The van der Waals surface area contributed by atoms with Crippen LogP contribution in [-0.4, -0.2) is 41.5 Å². The Morgan fingerprint density at radius 1 is 1.28 bits per heavy atom. The van der Waals surface area contributed by atoms with E-state index in [1.54, 1.807) is 37.7 Å². The van der Waals surface area contributed by atoms with Gasteiger partial charge in [-0.05, 0) is 78.4 Å². The summed E-state index contributed by atoms with van der Waals surface area (Å²) in [4.78, 5) is 17.3. The van der Waals surface area contributed by atoms with Crippen LogP contribution in [0.3, 0.4) is 0 Å². The van der Waals surface area contributed by atoms with Gasteiger partial charge in [0.05, 0.1) is 30.2 Å². The summed E-state index contributed by atoms with van der Waals surface area (Å²) >= 11 is -1.26. The zero-order valence-corrected chi connectivity index (χ0v) is 23.0. The Balaban J connectivity index is 1.89. The van der Waals surface area contributed by atoms with Crippen LogP contribution < -0.4 is 10.0 Å². The second-order valence-corrected chi connectivity index (χ2v) is 13.5. The minimum Gasteiger partial charge on any atom is -0.598 e. The van der Waals surface area contributed by atoms with Crippen LogP contribution in [0.4, 0.5) is 13.6 Å². The molecule has 2 aromatic heterocycles. The molecule has 0 radical (unpaired) electrons. The van der Waals surface area contributed by atoms with Gasteiger partial charge in [-0.15, -0.1) is 4.72 Å². The second kappa shape index (κ2) is 10.8. The number of alkyl carbamates (subject to hydrolysis) is 1. The van der Waals surface area contributed by atoms with Crippen molar-refractivity contribution in [3.05, 3.63) is 29.7 Å². The van der Waals surface area contributed by atoms with Gasteiger partial charge in [-0.2, -0.15) is 5.10 Å². The smallest absolute Gasteiger partial charge is 0.408 e. The van der Waals surface area contributed by atoms with E-state index >= 15 is 0 Å². The normalized spacial score (nSPS) is 19.6. The van der Waals surface area contributed by atoms with Crippen molar-refractivity contribution in [2.24, 2.45) is 5.92 Å². The van der Waals surface area contributed by atoms with Crippen molar-refractivity contribution >= 4 is 23.1 Å². The predicted molar refractivity (Wildman–Crippen MR) is 136 cm³/mol. The Hall–Kier alpha value is -1.98. The molecule has 11 heteroatoms. The van der Waals surface area contributed by atoms with Gasteiger partial charge in [0, 0.05) is 24.2 Å². The fourth-order valence-corrected chi connectivity index (χ4v) is 5.12. The fourth-order valence-electron chi connectivity index (χ4n) is 4.21. The van der Waals surface area contributed by atoms with Crippen molar-refractivity contribution in [1.82, 2.24) is 24.6 Å². The molecule has 2 heterocycles. The number of amides is 1. The van der Waals surface area contributed by atoms with Gasteiger partial charge in [0.15, 0.2) is 5.65 Å². The van der Waals surface area contributed by atoms with Gasteiger partial charge >= 0.3 is 6.09 Å². The molecule has 1 amide bonds. The summed E-state index contributed by atoms with van der Waals surface area (Å²) in [6, 6.07) is 1.10. The number of nitrogens with zero attached hydrogens (tertiary/aromatic N) is 3. The Morgan fingerprint density at radius 3 is 2.47 bits per heavy atom. The number of carbonyl (C=O) groups excluding carboxylic acids is 1. The zero-order chi connectivity index (χ0) is 26.9. The average molecular weight is 528 g/mol. The van der Waals surface area contributed by atoms with Crippen LogP contribution >= 0.6 is 0 Å². The molecule has 3 atom stereocenters. The highest BCUT2D eigenvalue weighted by atomic mass is 32.2. The Morgan fingerprint density at radius 2 is 1.92 bits per heavy atom. The van der Waals surface area contributed by atoms with Crippen LogP contribution in [-0.2, 0) is 16.1 Å². The third-order valence-corrected chi connectivity index (χ3v) is 7.81. The second-order valence-electron chi connectivity index (χ2n) is 11.5. The first-order chi connectivity index (χ1) is 16.6. The number of rotatable bonds is 7. The van der Waals surface area contributed by atoms with Gasteiger partial charge < -0.3 is 14.6 Å². The summed E-state index contributed by atoms with van der Waals surface area (Å²) in [5.74, 6) is -2.89. The van der Waals surface area contributed by atoms with Gasteiger partial charge in [0.1, 0.15) is 10.3 Å². The molecule has 36 heavy (non-hydrogen) atoms. The van der Waals surface area contributed by atoms with Crippen molar-refractivity contribution in [2.45, 2.75) is 109 Å². The number of carbonyl (C=O) groups is 1. The topological polar surface area (TPSA) is 104 Å². The molecule has 8 nitrogen and oxygen atoms in total. The highest BCUT2D eigenvalue weighted by Crippen LogP contribution is 2.41. The SMILES string of the molecule is CC[C@H](N[S+]([O-])C(C)(C)C)c1cnn2cc([C@@H](NC(=O)OC(C)(C)C)C3CCC(F)(F)CC3)nc2c1. The van der Waals surface area contributed by atoms with Crippen LogP contribution in [0, 0.1) is 5.92 Å². The standard InChI is InChI=1S/C25H39F2N5O3S/c1-8-18(31-36(34)24(5,6)7)17-13-20-29-19(15-32(20)28-14-17)21(30-22(33)35-23(2,3)4)16-9-11-25(26,27)12-10-16/h13-16,18,21,31H,8-12H2,1-7H3,(H,30,33)/t18-,21-,36?/m0/s1. The highest BCUT2D eigenvalue weighted by molar-refractivity contribution is 7.90. The van der Waals surface area contributed by atoms with E-state index < -0.39 is 39.8 Å². The van der Waals surface area contributed by atoms with Crippen LogP contribution in [0.25, 0.3) is 5.65 Å². The number of alkyl halides is 2. The molecule has 202 valence electrons. The summed E-state index contributed by atoms with van der Waals surface area (Å²) < 4.78 is 50.1. The van der Waals surface area contributed by atoms with Crippen molar-refractivity contribution in [1.29, 1.82) is 0 Å². The molecule has 1 saturated carbocycles. The number of nitrogens with one attached hydrogen (secondary N) is 2. The van der Waals surface area contributed by atoms with E-state index in [1.807, 2.05) is 33.8 Å². The lowest BCUT2D eigenvalue weighted by atomic mass is 9.81. The van der Waals surface area contributed by atoms with Crippen LogP contribution in [0.1, 0.15) is 104 Å². The average Bonchev–Trinajstić information content (AvgIpc) is 3.17. The summed E-state index contributed by atoms with van der Waals surface area (Å²) in [6.45, 7) is 13.0. The lowest BCUT2D eigenvalue weighted by Gasteiger charge is -2.33. The molecular weight excluding hydrogens is 488 g/mol. The number of ether oxygens (including phenoxy) is 1. The van der Waals surface area contributed by atoms with Gasteiger partial charge in [0.2, 0.25) is 5.92 Å². The van der Waals surface area contributed by atoms with E-state index in [-0.39, 0.29) is 37.6 Å². The minimum atomic E-state index is -2.68. The Bertz CT molecular complexity index is 1040. The maximum atomic E-state index is 13.8. The number of halogens is 2. The first-order valence-corrected chi connectivity index (χ1v) is 13.6. The van der Waals surface area contributed by atoms with Gasteiger partial charge in [-0.3, -0.25) is 0 Å². The molecule has 1 aliphatic rings. The molecule has 0 bridgehead atoms. The van der Waals surface area contributed by atoms with Crippen LogP contribution in [0.2, 0.25) is 0 Å². The summed E-state index contributed by atoms with van der Waals surface area (Å²) in [5.41, 5.74) is 1.24. The maximum absolute atomic E-state index is 13.8. The molecular formula is C25H39F2N5O3S. The molecule has 1 unspecified atom stereocenters. The van der Waals surface area contributed by atoms with Crippen molar-refractivity contribution in [3.63, 3.8) is 0 Å². The third kappa shape index (κ3) is 7.52. The largest absolute Gasteiger partial charge is 0.598 e. The van der Waals surface area contributed by atoms with Crippen LogP contribution in [0.5, 0.6) is 0 Å². The molecule has 1 fully saturated rings. The quantitative estimate of drug-likeness (QED) is 0.453. The molecule has 0 aliphatic heterocycles. The van der Waals surface area contributed by atoms with E-state index in [2.05, 4.69) is 15.1 Å². The number of imidazole rings is 1. The van der Waals surface area contributed by atoms with Crippen LogP contribution in [0.15, 0.2) is 18.5 Å². The number of hydrogen-bond acceptors (Lipinski definition) is 6. The summed E-state index contributed by atoms with van der Waals surface area (Å²) in [7, 11) is 0. The number of hydrogen-bond donors (Lipinski definition) is 2. The number of aromatic nitrogens is 3. The van der Waals surface area contributed by atoms with Crippen molar-refractivity contribution in [2.75, 3.05) is 0 Å². The molecule has 2 N–H and O–H groups in total. The summed E-state index contributed by atoms with van der Waals surface area (Å²) in [6.07, 6.45) is 3.58. The number of fused-ring (bicyclic) bond motifs is 1. The predicted octanol–water partition coefficient (Wildman–Crippen LogP) is 5.62. The lowest BCUT2D eigenvalue weighted by molar-refractivity contribution is -0.0500. The molecule has 0 spiro atoms. The van der Waals surface area contributed by atoms with E-state index in [4.69, 9.17) is 9.72 Å². The molecule has 2 aromatic rings. The molecule has 3 rings (SSSR count). The van der Waals surface area contributed by atoms with Gasteiger partial charge in [-0.25, -0.2) is 23.1 Å². The minimum absolute atomic E-state index is 0.182. The molecule has 1 aliphatic carbocycles. The fraction of sp³-hybridized carbons (Fsp3) is 0.720. The maximum Gasteiger partial charge on any atom is 0.408 e. The lowest BCUT2D eigenvalue weighted by Crippen LogP contribution is -2.41. The summed E-state index contributed by atoms with van der Waals surface area (Å²) in [5, 5.41) is 7.36. The van der Waals surface area contributed by atoms with Gasteiger partial charge in [-0.1, -0.05) is 6.92 Å².